The fourth-order valence-electron chi connectivity index (χ4n) is 4.92. The minimum atomic E-state index is -0.156. The Morgan fingerprint density at radius 3 is 2.44 bits per heavy atom. The second-order valence-corrected chi connectivity index (χ2v) is 8.82. The maximum Gasteiger partial charge on any atom is 0.254 e. The molecule has 0 saturated carbocycles. The van der Waals surface area contributed by atoms with Crippen LogP contribution in [0.15, 0.2) is 91.1 Å². The fourth-order valence-corrected chi connectivity index (χ4v) is 4.92. The van der Waals surface area contributed by atoms with Crippen molar-refractivity contribution in [1.29, 1.82) is 0 Å². The van der Waals surface area contributed by atoms with Gasteiger partial charge in [0.05, 0.1) is 6.04 Å². The summed E-state index contributed by atoms with van der Waals surface area (Å²) in [5.74, 6) is -0.124. The molecule has 172 valence electrons. The lowest BCUT2D eigenvalue weighted by molar-refractivity contribution is -0.134. The van der Waals surface area contributed by atoms with Gasteiger partial charge in [-0.1, -0.05) is 67.6 Å². The van der Waals surface area contributed by atoms with E-state index < -0.39 is 0 Å². The minimum absolute atomic E-state index is 0.0242. The molecule has 34 heavy (non-hydrogen) atoms. The van der Waals surface area contributed by atoms with Crippen LogP contribution < -0.4 is 0 Å². The summed E-state index contributed by atoms with van der Waals surface area (Å²) in [4.78, 5) is 30.8. The first-order chi connectivity index (χ1) is 16.7. The highest BCUT2D eigenvalue weighted by molar-refractivity contribution is 6.00. The molecule has 1 unspecified atom stereocenters. The molecular weight excluding hydrogens is 422 g/mol. The van der Waals surface area contributed by atoms with Crippen LogP contribution in [0.25, 0.3) is 10.8 Å². The molecule has 1 aromatic heterocycles. The van der Waals surface area contributed by atoms with Gasteiger partial charge >= 0.3 is 0 Å². The van der Waals surface area contributed by atoms with E-state index in [1.54, 1.807) is 4.90 Å². The molecule has 0 spiro atoms. The van der Waals surface area contributed by atoms with Crippen molar-refractivity contribution in [3.05, 3.63) is 108 Å². The van der Waals surface area contributed by atoms with Crippen molar-refractivity contribution in [1.82, 2.24) is 14.4 Å². The van der Waals surface area contributed by atoms with Gasteiger partial charge in [-0.15, -0.1) is 0 Å². The van der Waals surface area contributed by atoms with Crippen LogP contribution in [0.1, 0.15) is 41.0 Å². The normalized spacial score (nSPS) is 15.2. The number of hydrogen-bond donors (Lipinski definition) is 0. The maximum absolute atomic E-state index is 13.7. The van der Waals surface area contributed by atoms with Gasteiger partial charge in [-0.3, -0.25) is 9.59 Å². The van der Waals surface area contributed by atoms with Crippen molar-refractivity contribution in [2.75, 3.05) is 19.6 Å². The molecule has 4 aromatic rings. The number of carbonyl (C=O) groups excluding carboxylic acids is 2. The summed E-state index contributed by atoms with van der Waals surface area (Å²) in [5.41, 5.74) is 2.80. The van der Waals surface area contributed by atoms with E-state index in [4.69, 9.17) is 0 Å². The number of benzene rings is 3. The zero-order valence-corrected chi connectivity index (χ0v) is 19.4. The van der Waals surface area contributed by atoms with E-state index in [0.29, 0.717) is 18.7 Å². The van der Waals surface area contributed by atoms with E-state index >= 15 is 0 Å². The summed E-state index contributed by atoms with van der Waals surface area (Å²) in [6.07, 6.45) is 2.86. The lowest BCUT2D eigenvalue weighted by Crippen LogP contribution is -2.48. The number of nitrogens with zero attached hydrogens (tertiary/aromatic N) is 3. The Balaban J connectivity index is 1.41. The topological polar surface area (TPSA) is 45.6 Å². The summed E-state index contributed by atoms with van der Waals surface area (Å²) in [6, 6.07) is 27.9. The molecule has 5 rings (SSSR count). The van der Waals surface area contributed by atoms with Crippen molar-refractivity contribution < 1.29 is 9.59 Å². The van der Waals surface area contributed by atoms with Gasteiger partial charge < -0.3 is 14.4 Å². The number of aromatic nitrogens is 1. The molecule has 3 aromatic carbocycles. The summed E-state index contributed by atoms with van der Waals surface area (Å²) >= 11 is 0. The minimum Gasteiger partial charge on any atom is -0.348 e. The number of fused-ring (bicyclic) bond motifs is 2. The largest absolute Gasteiger partial charge is 0.348 e. The van der Waals surface area contributed by atoms with Crippen LogP contribution in [0, 0.1) is 0 Å². The second-order valence-electron chi connectivity index (χ2n) is 8.82. The van der Waals surface area contributed by atoms with Crippen LogP contribution in [0.2, 0.25) is 0 Å². The first-order valence-electron chi connectivity index (χ1n) is 11.9. The lowest BCUT2D eigenvalue weighted by Gasteiger charge is -2.38. The number of amides is 2. The average molecular weight is 452 g/mol. The molecule has 0 N–H and O–H groups in total. The van der Waals surface area contributed by atoms with Crippen LogP contribution in [-0.2, 0) is 11.3 Å². The zero-order chi connectivity index (χ0) is 23.5. The third kappa shape index (κ3) is 4.21. The van der Waals surface area contributed by atoms with Crippen molar-refractivity contribution >= 4 is 22.6 Å². The van der Waals surface area contributed by atoms with Crippen LogP contribution in [-0.4, -0.2) is 45.8 Å². The Morgan fingerprint density at radius 1 is 0.882 bits per heavy atom. The van der Waals surface area contributed by atoms with Crippen LogP contribution in [0.3, 0.4) is 0 Å². The van der Waals surface area contributed by atoms with E-state index in [9.17, 15) is 9.59 Å². The Labute approximate surface area is 200 Å². The van der Waals surface area contributed by atoms with Crippen LogP contribution >= 0.6 is 0 Å². The highest BCUT2D eigenvalue weighted by Gasteiger charge is 2.33. The van der Waals surface area contributed by atoms with E-state index in [-0.39, 0.29) is 24.4 Å². The van der Waals surface area contributed by atoms with Gasteiger partial charge in [0.2, 0.25) is 5.91 Å². The zero-order valence-electron chi connectivity index (χ0n) is 19.4. The molecule has 1 aliphatic heterocycles. The van der Waals surface area contributed by atoms with Gasteiger partial charge in [0, 0.05) is 37.1 Å². The molecular formula is C29H29N3O2. The average Bonchev–Trinajstić information content (AvgIpc) is 3.36. The first-order valence-corrected chi connectivity index (χ1v) is 11.9. The Kier molecular flexibility index (Phi) is 6.17. The Morgan fingerprint density at radius 2 is 1.65 bits per heavy atom. The van der Waals surface area contributed by atoms with Crippen molar-refractivity contribution in [3.8, 4) is 0 Å². The molecule has 5 heteroatoms. The number of carbonyl (C=O) groups is 2. The number of rotatable bonds is 6. The fraction of sp³-hybridized carbons (Fsp3) is 0.241. The predicted molar refractivity (Wildman–Crippen MR) is 135 cm³/mol. The van der Waals surface area contributed by atoms with Gasteiger partial charge in [0.15, 0.2) is 0 Å². The van der Waals surface area contributed by atoms with Gasteiger partial charge in [-0.25, -0.2) is 0 Å². The van der Waals surface area contributed by atoms with Crippen molar-refractivity contribution in [2.45, 2.75) is 25.9 Å². The van der Waals surface area contributed by atoms with Crippen LogP contribution in [0.5, 0.6) is 0 Å². The van der Waals surface area contributed by atoms with Gasteiger partial charge in [0.25, 0.3) is 5.91 Å². The molecule has 1 aliphatic rings. The molecule has 0 radical (unpaired) electrons. The summed E-state index contributed by atoms with van der Waals surface area (Å²) in [6.45, 7) is 4.01. The quantitative estimate of drug-likeness (QED) is 0.408. The first kappa shape index (κ1) is 22.0. The SMILES string of the molecule is CCCN(CC(=O)N1CCn2cccc2C1c1ccccc1)C(=O)c1ccc2ccccc2c1. The molecule has 0 saturated heterocycles. The van der Waals surface area contributed by atoms with Gasteiger partial charge in [-0.05, 0) is 47.0 Å². The van der Waals surface area contributed by atoms with Crippen LogP contribution in [0.4, 0.5) is 0 Å². The molecule has 5 nitrogen and oxygen atoms in total. The maximum atomic E-state index is 13.7. The monoisotopic (exact) mass is 451 g/mol. The van der Waals surface area contributed by atoms with E-state index in [2.05, 4.69) is 29.0 Å². The van der Waals surface area contributed by atoms with E-state index in [1.165, 1.54) is 0 Å². The van der Waals surface area contributed by atoms with Gasteiger partial charge in [-0.2, -0.15) is 0 Å². The molecule has 0 fully saturated rings. The van der Waals surface area contributed by atoms with E-state index in [0.717, 1.165) is 35.0 Å². The highest BCUT2D eigenvalue weighted by atomic mass is 16.2. The van der Waals surface area contributed by atoms with Gasteiger partial charge in [0.1, 0.15) is 6.54 Å². The standard InChI is InChI=1S/C29H29N3O2/c1-2-16-31(29(34)25-15-14-22-9-6-7-12-24(22)20-25)21-27(33)32-19-18-30-17-8-13-26(30)28(32)23-10-4-3-5-11-23/h3-15,17,20,28H,2,16,18-19,21H2,1H3. The third-order valence-corrected chi connectivity index (χ3v) is 6.58. The highest BCUT2D eigenvalue weighted by Crippen LogP contribution is 2.32. The van der Waals surface area contributed by atoms with E-state index in [1.807, 2.05) is 78.6 Å². The summed E-state index contributed by atoms with van der Waals surface area (Å²) < 4.78 is 2.21. The smallest absolute Gasteiger partial charge is 0.254 e. The van der Waals surface area contributed by atoms with Crippen molar-refractivity contribution in [2.24, 2.45) is 0 Å². The lowest BCUT2D eigenvalue weighted by atomic mass is 9.99. The Bertz CT molecular complexity index is 1310. The molecule has 1 atom stereocenters. The van der Waals surface area contributed by atoms with Crippen molar-refractivity contribution in [3.63, 3.8) is 0 Å². The summed E-state index contributed by atoms with van der Waals surface area (Å²) in [5, 5.41) is 2.12. The molecule has 2 heterocycles. The number of hydrogen-bond acceptors (Lipinski definition) is 2. The Hall–Kier alpha value is -3.86. The predicted octanol–water partition coefficient (Wildman–Crippen LogP) is 5.13. The molecule has 2 amide bonds. The third-order valence-electron chi connectivity index (χ3n) is 6.58. The molecule has 0 bridgehead atoms. The second kappa shape index (κ2) is 9.56. The summed E-state index contributed by atoms with van der Waals surface area (Å²) in [7, 11) is 0. The molecule has 0 aliphatic carbocycles.